The van der Waals surface area contributed by atoms with Gasteiger partial charge in [0.1, 0.15) is 17.6 Å². The maximum atomic E-state index is 11.4. The third kappa shape index (κ3) is 6.34. The highest BCUT2D eigenvalue weighted by Crippen LogP contribution is 2.30. The van der Waals surface area contributed by atoms with Crippen LogP contribution in [0.5, 0.6) is 11.5 Å². The Hall–Kier alpha value is -3.59. The van der Waals surface area contributed by atoms with Crippen molar-refractivity contribution in [1.82, 2.24) is 4.98 Å². The molecule has 1 atom stereocenters. The van der Waals surface area contributed by atoms with Gasteiger partial charge in [-0.25, -0.2) is 0 Å². The monoisotopic (exact) mass is 522 g/mol. The molecule has 7 nitrogen and oxygen atoms in total. The van der Waals surface area contributed by atoms with E-state index < -0.39 is 18.3 Å². The van der Waals surface area contributed by atoms with Gasteiger partial charge in [0, 0.05) is 28.4 Å². The van der Waals surface area contributed by atoms with Crippen molar-refractivity contribution in [3.8, 4) is 11.5 Å². The second-order valence-corrected chi connectivity index (χ2v) is 8.78. The number of halogens is 2. The van der Waals surface area contributed by atoms with Crippen LogP contribution in [-0.4, -0.2) is 17.2 Å². The van der Waals surface area contributed by atoms with Gasteiger partial charge in [0.05, 0.1) is 10.6 Å². The van der Waals surface area contributed by atoms with Crippen molar-refractivity contribution in [2.45, 2.75) is 20.0 Å². The summed E-state index contributed by atoms with van der Waals surface area (Å²) in [4.78, 5) is 15.2. The van der Waals surface area contributed by atoms with Gasteiger partial charge in [0.15, 0.2) is 0 Å². The van der Waals surface area contributed by atoms with E-state index in [1.807, 2.05) is 56.3 Å². The molecule has 182 valence electrons. The highest BCUT2D eigenvalue weighted by atomic mass is 35.5. The van der Waals surface area contributed by atoms with Crippen molar-refractivity contribution in [3.05, 3.63) is 128 Å². The molecule has 1 heterocycles. The first-order valence-corrected chi connectivity index (χ1v) is 11.7. The third-order valence-electron chi connectivity index (χ3n) is 5.34. The fraction of sp³-hybridized carbons (Fsp3) is 0.115. The predicted molar refractivity (Wildman–Crippen MR) is 140 cm³/mol. The maximum Gasteiger partial charge on any atom is 0.788 e. The summed E-state index contributed by atoms with van der Waals surface area (Å²) in [5.41, 5.74) is 2.67. The normalized spacial score (nSPS) is 11.6. The Labute approximate surface area is 218 Å². The summed E-state index contributed by atoms with van der Waals surface area (Å²) in [5, 5.41) is 12.4. The van der Waals surface area contributed by atoms with Gasteiger partial charge in [-0.05, 0) is 54.8 Å². The SMILES string of the molecule is Cc1ccc(OB(Oc2ccc(C)c(Cl)c2)OC(c2ccccc2)c2cc([N+](=O)[O-])ccn2)cc1Cl. The average molecular weight is 523 g/mol. The molecule has 0 amide bonds. The number of rotatable bonds is 9. The first-order valence-electron chi connectivity index (χ1n) is 11.0. The lowest BCUT2D eigenvalue weighted by molar-refractivity contribution is -0.385. The number of aromatic nitrogens is 1. The van der Waals surface area contributed by atoms with E-state index >= 15 is 0 Å². The molecular weight excluding hydrogens is 502 g/mol. The Balaban J connectivity index is 1.72. The van der Waals surface area contributed by atoms with Crippen LogP contribution in [0.3, 0.4) is 0 Å². The Kier molecular flexibility index (Phi) is 8.10. The number of nitro groups is 1. The molecule has 3 aromatic carbocycles. The van der Waals surface area contributed by atoms with E-state index in [1.165, 1.54) is 18.3 Å². The zero-order valence-corrected chi connectivity index (χ0v) is 20.9. The van der Waals surface area contributed by atoms with Crippen molar-refractivity contribution in [2.75, 3.05) is 0 Å². The van der Waals surface area contributed by atoms with Crippen LogP contribution < -0.4 is 9.31 Å². The molecule has 10 heteroatoms. The van der Waals surface area contributed by atoms with Crippen LogP contribution in [0.25, 0.3) is 0 Å². The highest BCUT2D eigenvalue weighted by Gasteiger charge is 2.34. The summed E-state index contributed by atoms with van der Waals surface area (Å²) < 4.78 is 18.4. The molecule has 1 unspecified atom stereocenters. The minimum atomic E-state index is -1.28. The molecule has 0 aliphatic rings. The molecule has 0 radical (unpaired) electrons. The van der Waals surface area contributed by atoms with Gasteiger partial charge in [-0.15, -0.1) is 0 Å². The fourth-order valence-corrected chi connectivity index (χ4v) is 3.69. The lowest BCUT2D eigenvalue weighted by Gasteiger charge is -2.23. The number of benzene rings is 3. The third-order valence-corrected chi connectivity index (χ3v) is 6.16. The molecule has 0 spiro atoms. The summed E-state index contributed by atoms with van der Waals surface area (Å²) in [7, 11) is -1.28. The molecular formula is C26H21BCl2N2O5. The summed E-state index contributed by atoms with van der Waals surface area (Å²) in [6, 6.07) is 22.3. The largest absolute Gasteiger partial charge is 0.788 e. The minimum Gasteiger partial charge on any atom is -0.501 e. The molecule has 0 saturated carbocycles. The average Bonchev–Trinajstić information content (AvgIpc) is 2.87. The Bertz CT molecular complexity index is 1320. The number of aryl methyl sites for hydroxylation is 2. The molecule has 0 saturated heterocycles. The minimum absolute atomic E-state index is 0.112. The molecule has 4 aromatic rings. The molecule has 0 bridgehead atoms. The van der Waals surface area contributed by atoms with Crippen molar-refractivity contribution in [2.24, 2.45) is 0 Å². The Morgan fingerprint density at radius 3 is 1.97 bits per heavy atom. The molecule has 0 aliphatic carbocycles. The van der Waals surface area contributed by atoms with E-state index in [1.54, 1.807) is 24.3 Å². The molecule has 0 fully saturated rings. The van der Waals surface area contributed by atoms with Gasteiger partial charge < -0.3 is 14.0 Å². The fourth-order valence-electron chi connectivity index (χ4n) is 3.35. The van der Waals surface area contributed by atoms with Crippen LogP contribution in [-0.2, 0) is 4.65 Å². The van der Waals surface area contributed by atoms with Gasteiger partial charge in [-0.2, -0.15) is 0 Å². The number of pyridine rings is 1. The number of hydrogen-bond donors (Lipinski definition) is 0. The van der Waals surface area contributed by atoms with Crippen molar-refractivity contribution in [3.63, 3.8) is 0 Å². The van der Waals surface area contributed by atoms with Crippen LogP contribution in [0, 0.1) is 24.0 Å². The van der Waals surface area contributed by atoms with Crippen LogP contribution in [0.1, 0.15) is 28.5 Å². The summed E-state index contributed by atoms with van der Waals surface area (Å²) in [6.07, 6.45) is 0.515. The van der Waals surface area contributed by atoms with E-state index in [0.717, 1.165) is 11.1 Å². The van der Waals surface area contributed by atoms with Gasteiger partial charge in [0.2, 0.25) is 0 Å². The second-order valence-electron chi connectivity index (χ2n) is 7.97. The predicted octanol–water partition coefficient (Wildman–Crippen LogP) is 7.16. The maximum absolute atomic E-state index is 11.4. The number of nitrogens with zero attached hydrogens (tertiary/aromatic N) is 2. The highest BCUT2D eigenvalue weighted by molar-refractivity contribution is 6.39. The lowest BCUT2D eigenvalue weighted by Crippen LogP contribution is -2.35. The topological polar surface area (TPSA) is 83.7 Å². The van der Waals surface area contributed by atoms with E-state index in [0.29, 0.717) is 32.8 Å². The van der Waals surface area contributed by atoms with Crippen LogP contribution in [0.2, 0.25) is 10.0 Å². The second kappa shape index (κ2) is 11.4. The summed E-state index contributed by atoms with van der Waals surface area (Å²) in [5.74, 6) is 0.820. The van der Waals surface area contributed by atoms with Crippen LogP contribution in [0.15, 0.2) is 85.1 Å². The van der Waals surface area contributed by atoms with E-state index in [2.05, 4.69) is 4.98 Å². The summed E-state index contributed by atoms with van der Waals surface area (Å²) in [6.45, 7) is 3.76. The zero-order valence-electron chi connectivity index (χ0n) is 19.4. The molecule has 0 aliphatic heterocycles. The quantitative estimate of drug-likeness (QED) is 0.132. The number of hydrogen-bond acceptors (Lipinski definition) is 6. The molecule has 4 rings (SSSR count). The first kappa shape index (κ1) is 25.5. The summed E-state index contributed by atoms with van der Waals surface area (Å²) >= 11 is 12.6. The van der Waals surface area contributed by atoms with Crippen molar-refractivity contribution >= 4 is 36.2 Å². The van der Waals surface area contributed by atoms with Crippen LogP contribution in [0.4, 0.5) is 5.69 Å². The van der Waals surface area contributed by atoms with E-state index in [-0.39, 0.29) is 5.69 Å². The van der Waals surface area contributed by atoms with Crippen molar-refractivity contribution in [1.29, 1.82) is 0 Å². The molecule has 1 aromatic heterocycles. The van der Waals surface area contributed by atoms with E-state index in [9.17, 15) is 10.1 Å². The van der Waals surface area contributed by atoms with Gasteiger partial charge >= 0.3 is 7.32 Å². The smallest absolute Gasteiger partial charge is 0.501 e. The van der Waals surface area contributed by atoms with Crippen LogP contribution >= 0.6 is 23.2 Å². The first-order chi connectivity index (χ1) is 17.3. The molecule has 0 N–H and O–H groups in total. The van der Waals surface area contributed by atoms with Gasteiger partial charge in [-0.1, -0.05) is 65.7 Å². The lowest BCUT2D eigenvalue weighted by atomic mass is 10.0. The standard InChI is InChI=1S/C26H21BCl2N2O5/c1-17-8-10-21(15-23(17)28)34-27(35-22-11-9-18(2)24(29)16-22)36-26(19-6-4-3-5-7-19)25-14-20(31(32)33)12-13-30-25/h3-16,26H,1-2H3. The Morgan fingerprint density at radius 2 is 1.44 bits per heavy atom. The van der Waals surface area contributed by atoms with Gasteiger partial charge in [-0.3, -0.25) is 15.1 Å². The van der Waals surface area contributed by atoms with Crippen molar-refractivity contribution < 1.29 is 18.9 Å². The zero-order chi connectivity index (χ0) is 25.7. The van der Waals surface area contributed by atoms with E-state index in [4.69, 9.17) is 37.2 Å². The molecule has 36 heavy (non-hydrogen) atoms. The van der Waals surface area contributed by atoms with Gasteiger partial charge in [0.25, 0.3) is 5.69 Å². The Morgan fingerprint density at radius 1 is 0.861 bits per heavy atom.